The van der Waals surface area contributed by atoms with Gasteiger partial charge in [0.25, 0.3) is 5.56 Å². The van der Waals surface area contributed by atoms with Crippen molar-refractivity contribution < 1.29 is 4.79 Å². The number of halogens is 1. The number of pyridine rings is 1. The molecular weight excluding hydrogens is 368 g/mol. The number of fused-ring (bicyclic) bond motifs is 3. The second kappa shape index (κ2) is 5.88. The molecule has 0 radical (unpaired) electrons. The van der Waals surface area contributed by atoms with Crippen LogP contribution in [-0.4, -0.2) is 30.3 Å². The summed E-state index contributed by atoms with van der Waals surface area (Å²) in [7, 11) is 0. The maximum atomic E-state index is 13.3. The maximum Gasteiger partial charge on any atom is 0.275 e. The van der Waals surface area contributed by atoms with E-state index in [1.165, 1.54) is 18.7 Å². The van der Waals surface area contributed by atoms with E-state index in [0.717, 1.165) is 32.1 Å². The second-order valence-corrected chi connectivity index (χ2v) is 7.64. The second-order valence-electron chi connectivity index (χ2n) is 7.23. The molecule has 0 aromatic carbocycles. The minimum Gasteiger partial charge on any atom is -0.340 e. The number of hydrogen-bond acceptors (Lipinski definition) is 6. The SMILES string of the molecule is O=C1CC2(CCCCC2)n2c1c(Cl)cc(Nc1ncnc3nc[nH]c13)c2=O. The van der Waals surface area contributed by atoms with Crippen LogP contribution in [0.1, 0.15) is 49.0 Å². The molecule has 27 heavy (non-hydrogen) atoms. The Kier molecular flexibility index (Phi) is 3.58. The number of aromatic nitrogens is 5. The highest BCUT2D eigenvalue weighted by molar-refractivity contribution is 6.34. The van der Waals surface area contributed by atoms with E-state index in [0.29, 0.717) is 34.1 Å². The number of rotatable bonds is 2. The fraction of sp³-hybridized carbons (Fsp3) is 0.389. The van der Waals surface area contributed by atoms with Crippen molar-refractivity contribution in [2.24, 2.45) is 0 Å². The van der Waals surface area contributed by atoms with Crippen molar-refractivity contribution in [1.82, 2.24) is 24.5 Å². The van der Waals surface area contributed by atoms with E-state index in [4.69, 9.17) is 11.6 Å². The Bertz CT molecular complexity index is 1130. The van der Waals surface area contributed by atoms with Gasteiger partial charge in [0.1, 0.15) is 23.2 Å². The zero-order chi connectivity index (χ0) is 18.6. The standard InChI is InChI=1S/C18H17ClN6O2/c19-10-6-11(24-16-13-15(21-8-20-13)22-9-23-16)17(27)25-14(10)12(26)7-18(25)4-2-1-3-5-18/h6,8-9H,1-5,7H2,(H2,20,21,22,23,24). The number of nitrogens with one attached hydrogen (secondary N) is 2. The molecule has 1 spiro atoms. The first-order valence-electron chi connectivity index (χ1n) is 8.99. The van der Waals surface area contributed by atoms with Crippen LogP contribution in [0.3, 0.4) is 0 Å². The van der Waals surface area contributed by atoms with Crippen LogP contribution in [0.4, 0.5) is 11.5 Å². The molecule has 1 saturated carbocycles. The first-order chi connectivity index (χ1) is 13.1. The van der Waals surface area contributed by atoms with E-state index in [9.17, 15) is 9.59 Å². The molecule has 0 amide bonds. The van der Waals surface area contributed by atoms with Crippen molar-refractivity contribution in [3.8, 4) is 0 Å². The number of anilines is 2. The lowest BCUT2D eigenvalue weighted by molar-refractivity contribution is 0.0950. The van der Waals surface area contributed by atoms with Crippen molar-refractivity contribution in [3.05, 3.63) is 39.8 Å². The normalized spacial score (nSPS) is 18.2. The summed E-state index contributed by atoms with van der Waals surface area (Å²) in [5.74, 6) is 0.386. The first kappa shape index (κ1) is 16.4. The molecular formula is C18H17ClN6O2. The Morgan fingerprint density at radius 2 is 1.96 bits per heavy atom. The third-order valence-corrected chi connectivity index (χ3v) is 5.93. The molecule has 2 aliphatic rings. The summed E-state index contributed by atoms with van der Waals surface area (Å²) in [6.07, 6.45) is 8.04. The molecule has 1 aliphatic heterocycles. The predicted molar refractivity (Wildman–Crippen MR) is 101 cm³/mol. The molecule has 5 rings (SSSR count). The minimum atomic E-state index is -0.446. The first-order valence-corrected chi connectivity index (χ1v) is 9.37. The number of aromatic amines is 1. The van der Waals surface area contributed by atoms with Gasteiger partial charge < -0.3 is 10.3 Å². The fourth-order valence-electron chi connectivity index (χ4n) is 4.44. The highest BCUT2D eigenvalue weighted by atomic mass is 35.5. The van der Waals surface area contributed by atoms with Crippen LogP contribution >= 0.6 is 11.6 Å². The van der Waals surface area contributed by atoms with Gasteiger partial charge in [-0.15, -0.1) is 0 Å². The number of Topliss-reactive ketones (excluding diaryl/α,β-unsaturated/α-hetero) is 1. The molecule has 1 aliphatic carbocycles. The molecule has 1 fully saturated rings. The molecule has 8 nitrogen and oxygen atoms in total. The third-order valence-electron chi connectivity index (χ3n) is 5.64. The van der Waals surface area contributed by atoms with Gasteiger partial charge in [0.15, 0.2) is 17.2 Å². The number of ketones is 1. The smallest absolute Gasteiger partial charge is 0.275 e. The largest absolute Gasteiger partial charge is 0.340 e. The summed E-state index contributed by atoms with van der Waals surface area (Å²) in [5, 5.41) is 3.35. The number of hydrogen-bond donors (Lipinski definition) is 2. The lowest BCUT2D eigenvalue weighted by atomic mass is 9.80. The van der Waals surface area contributed by atoms with Crippen molar-refractivity contribution >= 4 is 40.1 Å². The predicted octanol–water partition coefficient (Wildman–Crippen LogP) is 3.16. The Morgan fingerprint density at radius 3 is 2.78 bits per heavy atom. The third kappa shape index (κ3) is 2.39. The van der Waals surface area contributed by atoms with Gasteiger partial charge in [0.2, 0.25) is 0 Å². The Morgan fingerprint density at radius 1 is 1.15 bits per heavy atom. The number of imidazole rings is 1. The summed E-state index contributed by atoms with van der Waals surface area (Å²) in [5.41, 5.74) is 1.04. The van der Waals surface area contributed by atoms with E-state index >= 15 is 0 Å². The molecule has 4 heterocycles. The van der Waals surface area contributed by atoms with Gasteiger partial charge in [-0.25, -0.2) is 15.0 Å². The van der Waals surface area contributed by atoms with Crippen molar-refractivity contribution in [2.75, 3.05) is 5.32 Å². The highest BCUT2D eigenvalue weighted by Gasteiger charge is 2.46. The lowest BCUT2D eigenvalue weighted by Gasteiger charge is -2.35. The fourth-order valence-corrected chi connectivity index (χ4v) is 4.74. The molecule has 0 atom stereocenters. The summed E-state index contributed by atoms with van der Waals surface area (Å²) in [6, 6.07) is 1.51. The summed E-state index contributed by atoms with van der Waals surface area (Å²) >= 11 is 6.43. The molecule has 0 unspecified atom stereocenters. The Balaban J connectivity index is 1.67. The van der Waals surface area contributed by atoms with Crippen LogP contribution in [0.2, 0.25) is 5.02 Å². The van der Waals surface area contributed by atoms with Gasteiger partial charge in [0, 0.05) is 6.42 Å². The number of carbonyl (C=O) groups is 1. The molecule has 0 saturated heterocycles. The van der Waals surface area contributed by atoms with Crippen molar-refractivity contribution in [3.63, 3.8) is 0 Å². The van der Waals surface area contributed by atoms with Crippen LogP contribution in [0, 0.1) is 0 Å². The van der Waals surface area contributed by atoms with Crippen LogP contribution in [0.5, 0.6) is 0 Å². The molecule has 9 heteroatoms. The molecule has 3 aromatic heterocycles. The average Bonchev–Trinajstić information content (AvgIpc) is 3.24. The van der Waals surface area contributed by atoms with Crippen molar-refractivity contribution in [1.29, 1.82) is 0 Å². The number of nitrogens with zero attached hydrogens (tertiary/aromatic N) is 4. The van der Waals surface area contributed by atoms with Gasteiger partial charge in [-0.2, -0.15) is 0 Å². The van der Waals surface area contributed by atoms with E-state index in [1.807, 2.05) is 0 Å². The lowest BCUT2D eigenvalue weighted by Crippen LogP contribution is -2.40. The number of carbonyl (C=O) groups excluding carboxylic acids is 1. The molecule has 2 N–H and O–H groups in total. The molecule has 138 valence electrons. The van der Waals surface area contributed by atoms with Gasteiger partial charge in [-0.05, 0) is 18.9 Å². The van der Waals surface area contributed by atoms with Gasteiger partial charge >= 0.3 is 0 Å². The zero-order valence-corrected chi connectivity index (χ0v) is 15.2. The van der Waals surface area contributed by atoms with E-state index < -0.39 is 5.54 Å². The summed E-state index contributed by atoms with van der Waals surface area (Å²) < 4.78 is 1.64. The van der Waals surface area contributed by atoms with E-state index in [-0.39, 0.29) is 17.0 Å². The topological polar surface area (TPSA) is 106 Å². The quantitative estimate of drug-likeness (QED) is 0.703. The van der Waals surface area contributed by atoms with Crippen LogP contribution in [0.15, 0.2) is 23.5 Å². The van der Waals surface area contributed by atoms with Gasteiger partial charge in [0.05, 0.1) is 16.9 Å². The van der Waals surface area contributed by atoms with Crippen LogP contribution in [0.25, 0.3) is 11.2 Å². The summed E-state index contributed by atoms with van der Waals surface area (Å²) in [6.45, 7) is 0. The minimum absolute atomic E-state index is 0.0523. The van der Waals surface area contributed by atoms with Gasteiger partial charge in [-0.1, -0.05) is 30.9 Å². The zero-order valence-electron chi connectivity index (χ0n) is 14.5. The highest BCUT2D eigenvalue weighted by Crippen LogP contribution is 2.44. The summed E-state index contributed by atoms with van der Waals surface area (Å²) in [4.78, 5) is 41.3. The Hall–Kier alpha value is -2.74. The van der Waals surface area contributed by atoms with E-state index in [2.05, 4.69) is 25.3 Å². The maximum absolute atomic E-state index is 13.3. The van der Waals surface area contributed by atoms with Crippen LogP contribution in [-0.2, 0) is 5.54 Å². The number of H-pyrrole nitrogens is 1. The Labute approximate surface area is 159 Å². The molecule has 0 bridgehead atoms. The van der Waals surface area contributed by atoms with Crippen molar-refractivity contribution in [2.45, 2.75) is 44.1 Å². The molecule has 3 aromatic rings. The van der Waals surface area contributed by atoms with E-state index in [1.54, 1.807) is 4.57 Å². The monoisotopic (exact) mass is 384 g/mol. The van der Waals surface area contributed by atoms with Crippen LogP contribution < -0.4 is 10.9 Å². The van der Waals surface area contributed by atoms with Gasteiger partial charge in [-0.3, -0.25) is 14.2 Å². The average molecular weight is 385 g/mol.